The Morgan fingerprint density at radius 2 is 1.97 bits per heavy atom. The van der Waals surface area contributed by atoms with E-state index in [2.05, 4.69) is 4.98 Å². The van der Waals surface area contributed by atoms with Gasteiger partial charge in [-0.25, -0.2) is 4.79 Å². The number of H-pyrrole nitrogens is 1. The molecule has 0 unspecified atom stereocenters. The number of aromatic amines is 1. The molecule has 2 aliphatic heterocycles. The molecule has 0 amide bonds. The lowest BCUT2D eigenvalue weighted by Crippen LogP contribution is -2.44. The highest BCUT2D eigenvalue weighted by atomic mass is 16.6. The standard InChI is InChI=1S/C23H23N3O5/c1-4-23(30)16-8-18-19-14(10-26(18)21(28)15(16)11-31-22(23)29)20(27)13-7-12(9-25(2)3)5-6-17(13)24-19/h5-8,30H,4,9-11H2,1-3H3,(H,24,27)/t23-/m0/s1. The van der Waals surface area contributed by atoms with Gasteiger partial charge in [0.1, 0.15) is 6.61 Å². The van der Waals surface area contributed by atoms with Crippen molar-refractivity contribution in [3.63, 3.8) is 0 Å². The van der Waals surface area contributed by atoms with Crippen LogP contribution in [0.2, 0.25) is 0 Å². The molecule has 31 heavy (non-hydrogen) atoms. The number of nitrogens with zero attached hydrogens (tertiary/aromatic N) is 2. The minimum absolute atomic E-state index is 0.0808. The summed E-state index contributed by atoms with van der Waals surface area (Å²) < 4.78 is 6.59. The van der Waals surface area contributed by atoms with E-state index in [0.717, 1.165) is 5.56 Å². The van der Waals surface area contributed by atoms with Gasteiger partial charge >= 0.3 is 5.97 Å². The van der Waals surface area contributed by atoms with Gasteiger partial charge in [-0.15, -0.1) is 0 Å². The Hall–Kier alpha value is -3.23. The number of carbonyl (C=O) groups excluding carboxylic acids is 1. The van der Waals surface area contributed by atoms with Crippen LogP contribution < -0.4 is 11.0 Å². The molecular formula is C23H23N3O5. The molecule has 2 N–H and O–H groups in total. The van der Waals surface area contributed by atoms with Crippen molar-refractivity contribution < 1.29 is 14.6 Å². The van der Waals surface area contributed by atoms with Gasteiger partial charge < -0.3 is 24.3 Å². The lowest BCUT2D eigenvalue weighted by molar-refractivity contribution is -0.172. The highest BCUT2D eigenvalue weighted by Gasteiger charge is 2.45. The van der Waals surface area contributed by atoms with Crippen LogP contribution >= 0.6 is 0 Å². The number of hydrogen-bond acceptors (Lipinski definition) is 6. The van der Waals surface area contributed by atoms with Crippen LogP contribution in [0.5, 0.6) is 0 Å². The van der Waals surface area contributed by atoms with Gasteiger partial charge in [-0.3, -0.25) is 9.59 Å². The van der Waals surface area contributed by atoms with E-state index in [1.165, 1.54) is 4.57 Å². The Bertz CT molecular complexity index is 1380. The third kappa shape index (κ3) is 2.72. The maximum absolute atomic E-state index is 13.3. The van der Waals surface area contributed by atoms with E-state index in [4.69, 9.17) is 4.74 Å². The van der Waals surface area contributed by atoms with Crippen molar-refractivity contribution in [2.45, 2.75) is 38.6 Å². The van der Waals surface area contributed by atoms with E-state index in [1.54, 1.807) is 13.0 Å². The van der Waals surface area contributed by atoms with Crippen LogP contribution in [-0.4, -0.2) is 39.6 Å². The second kappa shape index (κ2) is 6.63. The number of carbonyl (C=O) groups is 1. The zero-order valence-corrected chi connectivity index (χ0v) is 17.6. The largest absolute Gasteiger partial charge is 0.458 e. The van der Waals surface area contributed by atoms with Crippen molar-refractivity contribution in [3.8, 4) is 11.4 Å². The van der Waals surface area contributed by atoms with Gasteiger partial charge in [0.25, 0.3) is 5.56 Å². The zero-order chi connectivity index (χ0) is 22.1. The van der Waals surface area contributed by atoms with Crippen molar-refractivity contribution in [2.24, 2.45) is 0 Å². The maximum Gasteiger partial charge on any atom is 0.343 e. The Morgan fingerprint density at radius 1 is 1.19 bits per heavy atom. The first-order valence-electron chi connectivity index (χ1n) is 10.2. The molecule has 0 saturated carbocycles. The van der Waals surface area contributed by atoms with E-state index < -0.39 is 11.6 Å². The fraction of sp³-hybridized carbons (Fsp3) is 0.348. The van der Waals surface area contributed by atoms with Crippen LogP contribution in [-0.2, 0) is 34.8 Å². The van der Waals surface area contributed by atoms with Gasteiger partial charge in [0.2, 0.25) is 0 Å². The van der Waals surface area contributed by atoms with Crippen molar-refractivity contribution in [3.05, 3.63) is 67.1 Å². The highest BCUT2D eigenvalue weighted by molar-refractivity contribution is 5.86. The topological polar surface area (TPSA) is 105 Å². The number of rotatable bonds is 3. The van der Waals surface area contributed by atoms with Crippen LogP contribution in [0.3, 0.4) is 0 Å². The molecule has 3 aromatic rings. The number of aromatic nitrogens is 2. The molecule has 0 fully saturated rings. The third-order valence-electron chi connectivity index (χ3n) is 6.28. The van der Waals surface area contributed by atoms with Crippen LogP contribution in [0.25, 0.3) is 22.3 Å². The predicted octanol–water partition coefficient (Wildman–Crippen LogP) is 1.43. The minimum atomic E-state index is -1.87. The predicted molar refractivity (Wildman–Crippen MR) is 115 cm³/mol. The van der Waals surface area contributed by atoms with Crippen LogP contribution in [0, 0.1) is 0 Å². The van der Waals surface area contributed by atoms with Crippen molar-refractivity contribution in [2.75, 3.05) is 14.1 Å². The summed E-state index contributed by atoms with van der Waals surface area (Å²) in [6, 6.07) is 7.36. The summed E-state index contributed by atoms with van der Waals surface area (Å²) in [5, 5.41) is 11.5. The van der Waals surface area contributed by atoms with Gasteiger partial charge in [0.15, 0.2) is 11.0 Å². The molecule has 0 radical (unpaired) electrons. The van der Waals surface area contributed by atoms with Gasteiger partial charge in [0.05, 0.1) is 23.5 Å². The molecule has 5 rings (SSSR count). The summed E-state index contributed by atoms with van der Waals surface area (Å²) >= 11 is 0. The highest BCUT2D eigenvalue weighted by Crippen LogP contribution is 2.37. The summed E-state index contributed by atoms with van der Waals surface area (Å²) in [4.78, 5) is 44.1. The molecule has 0 saturated heterocycles. The lowest BCUT2D eigenvalue weighted by atomic mass is 9.86. The number of cyclic esters (lactones) is 1. The van der Waals surface area contributed by atoms with Crippen molar-refractivity contribution in [1.82, 2.24) is 14.5 Å². The molecular weight excluding hydrogens is 398 g/mol. The molecule has 2 aliphatic rings. The van der Waals surface area contributed by atoms with E-state index in [-0.39, 0.29) is 41.7 Å². The quantitative estimate of drug-likeness (QED) is 0.485. The molecule has 1 aromatic carbocycles. The normalized spacial score (nSPS) is 19.3. The molecule has 160 valence electrons. The molecule has 1 atom stereocenters. The second-order valence-electron chi connectivity index (χ2n) is 8.53. The number of hydrogen-bond donors (Lipinski definition) is 2. The first-order valence-corrected chi connectivity index (χ1v) is 10.2. The molecule has 2 aromatic heterocycles. The molecule has 4 heterocycles. The first kappa shape index (κ1) is 19.7. The Balaban J connectivity index is 1.75. The van der Waals surface area contributed by atoms with E-state index in [0.29, 0.717) is 34.4 Å². The molecule has 8 heteroatoms. The Morgan fingerprint density at radius 3 is 2.68 bits per heavy atom. The van der Waals surface area contributed by atoms with Crippen LogP contribution in [0.1, 0.15) is 35.6 Å². The zero-order valence-electron chi connectivity index (χ0n) is 17.6. The summed E-state index contributed by atoms with van der Waals surface area (Å²) in [7, 11) is 3.93. The monoisotopic (exact) mass is 421 g/mol. The number of nitrogens with one attached hydrogen (secondary N) is 1. The molecule has 8 nitrogen and oxygen atoms in total. The maximum atomic E-state index is 13.3. The Kier molecular flexibility index (Phi) is 4.22. The van der Waals surface area contributed by atoms with Gasteiger partial charge in [-0.1, -0.05) is 13.0 Å². The van der Waals surface area contributed by atoms with Crippen molar-refractivity contribution in [1.29, 1.82) is 0 Å². The van der Waals surface area contributed by atoms with E-state index in [9.17, 15) is 19.5 Å². The summed E-state index contributed by atoms with van der Waals surface area (Å²) in [5.74, 6) is -0.759. The lowest BCUT2D eigenvalue weighted by Gasteiger charge is -2.31. The van der Waals surface area contributed by atoms with E-state index >= 15 is 0 Å². The number of esters is 1. The van der Waals surface area contributed by atoms with Gasteiger partial charge in [-0.2, -0.15) is 0 Å². The number of ether oxygens (including phenoxy) is 1. The molecule has 0 spiro atoms. The average molecular weight is 421 g/mol. The summed E-state index contributed by atoms with van der Waals surface area (Å²) in [6.45, 7) is 2.33. The fourth-order valence-corrected chi connectivity index (χ4v) is 4.63. The Labute approximate surface area is 177 Å². The average Bonchev–Trinajstić information content (AvgIpc) is 3.11. The summed E-state index contributed by atoms with van der Waals surface area (Å²) in [5.41, 5.74) is 1.42. The van der Waals surface area contributed by atoms with E-state index in [1.807, 2.05) is 37.2 Å². The fourth-order valence-electron chi connectivity index (χ4n) is 4.63. The SMILES string of the molecule is CC[C@@]1(O)C(=O)OCc2c1cc1n(c2=O)Cc2c-1[nH]c1ccc(CN(C)C)cc1c2=O. The number of pyridine rings is 2. The number of aliphatic hydroxyl groups is 1. The summed E-state index contributed by atoms with van der Waals surface area (Å²) in [6.07, 6.45) is 0.0808. The van der Waals surface area contributed by atoms with Crippen LogP contribution in [0.15, 0.2) is 33.9 Å². The van der Waals surface area contributed by atoms with Crippen molar-refractivity contribution >= 4 is 16.9 Å². The number of benzene rings is 1. The van der Waals surface area contributed by atoms with Gasteiger partial charge in [0, 0.05) is 28.6 Å². The van der Waals surface area contributed by atoms with Gasteiger partial charge in [-0.05, 0) is 44.3 Å². The number of fused-ring (bicyclic) bond motifs is 5. The molecule has 0 aliphatic carbocycles. The first-order chi connectivity index (χ1) is 14.7. The second-order valence-corrected chi connectivity index (χ2v) is 8.53. The third-order valence-corrected chi connectivity index (χ3v) is 6.28. The van der Waals surface area contributed by atoms with Crippen LogP contribution in [0.4, 0.5) is 0 Å². The molecule has 0 bridgehead atoms. The smallest absolute Gasteiger partial charge is 0.343 e. The minimum Gasteiger partial charge on any atom is -0.458 e.